The number of hydroxylamine groups is 1. The van der Waals surface area contributed by atoms with Crippen LogP contribution >= 0.6 is 0 Å². The van der Waals surface area contributed by atoms with Crippen LogP contribution in [0.5, 0.6) is 0 Å². The third-order valence-corrected chi connectivity index (χ3v) is 7.35. The van der Waals surface area contributed by atoms with Gasteiger partial charge in [-0.05, 0) is 37.7 Å². The molecule has 1 saturated carbocycles. The van der Waals surface area contributed by atoms with E-state index in [1.165, 1.54) is 5.56 Å². The lowest BCUT2D eigenvalue weighted by molar-refractivity contribution is -0.148. The number of nitrogens with one attached hydrogen (secondary N) is 1. The van der Waals surface area contributed by atoms with Crippen LogP contribution in [0.2, 0.25) is 0 Å². The van der Waals surface area contributed by atoms with Gasteiger partial charge in [0.15, 0.2) is 0 Å². The first-order valence-electron chi connectivity index (χ1n) is 11.8. The van der Waals surface area contributed by atoms with E-state index in [0.717, 1.165) is 12.8 Å². The number of ether oxygens (including phenoxy) is 2. The summed E-state index contributed by atoms with van der Waals surface area (Å²) in [6, 6.07) is 10.1. The van der Waals surface area contributed by atoms with E-state index in [1.54, 1.807) is 17.4 Å². The van der Waals surface area contributed by atoms with Gasteiger partial charge in [0, 0.05) is 32.7 Å². The third kappa shape index (κ3) is 5.30. The van der Waals surface area contributed by atoms with Gasteiger partial charge in [-0.3, -0.25) is 14.8 Å². The van der Waals surface area contributed by atoms with Crippen molar-refractivity contribution in [2.75, 3.05) is 33.4 Å². The molecule has 0 aromatic heterocycles. The summed E-state index contributed by atoms with van der Waals surface area (Å²) in [5.41, 5.74) is 2.92. The summed E-state index contributed by atoms with van der Waals surface area (Å²) in [7, 11) is 1.69. The highest BCUT2D eigenvalue weighted by Gasteiger charge is 2.43. The van der Waals surface area contributed by atoms with Gasteiger partial charge in [0.25, 0.3) is 0 Å². The smallest absolute Gasteiger partial charge is 0.410 e. The summed E-state index contributed by atoms with van der Waals surface area (Å²) < 4.78 is 11.0. The summed E-state index contributed by atoms with van der Waals surface area (Å²) in [6.45, 7) is 2.38. The van der Waals surface area contributed by atoms with E-state index >= 15 is 0 Å². The summed E-state index contributed by atoms with van der Waals surface area (Å²) in [6.07, 6.45) is 1.86. The predicted molar refractivity (Wildman–Crippen MR) is 118 cm³/mol. The number of likely N-dealkylation sites (N-methyl/N-ethyl adjacent to an activating group) is 1. The van der Waals surface area contributed by atoms with E-state index in [0.29, 0.717) is 39.1 Å². The SMILES string of the molecule is CN(C(=O)OC1CC[C@H](C(=O)N2CC[C@H](c3ccccc3)C2)[C@@H](C(=O)NO)C1)[C@H]1CCOC1. The summed E-state index contributed by atoms with van der Waals surface area (Å²) >= 11 is 0. The predicted octanol–water partition coefficient (Wildman–Crippen LogP) is 2.15. The maximum atomic E-state index is 13.4. The van der Waals surface area contributed by atoms with E-state index in [1.807, 2.05) is 23.1 Å². The molecule has 5 atom stereocenters. The number of carbonyl (C=O) groups excluding carboxylic acids is 3. The minimum Gasteiger partial charge on any atom is -0.446 e. The molecule has 180 valence electrons. The Morgan fingerprint density at radius 2 is 1.91 bits per heavy atom. The van der Waals surface area contributed by atoms with Crippen molar-refractivity contribution in [2.24, 2.45) is 11.8 Å². The van der Waals surface area contributed by atoms with Gasteiger partial charge in [0.2, 0.25) is 11.8 Å². The number of carbonyl (C=O) groups is 3. The second-order valence-electron chi connectivity index (χ2n) is 9.32. The minimum absolute atomic E-state index is 0.0142. The van der Waals surface area contributed by atoms with Crippen LogP contribution in [-0.2, 0) is 19.1 Å². The molecule has 4 rings (SSSR count). The molecule has 0 radical (unpaired) electrons. The fourth-order valence-corrected chi connectivity index (χ4v) is 5.30. The number of hydrogen-bond acceptors (Lipinski definition) is 6. The highest BCUT2D eigenvalue weighted by Crippen LogP contribution is 2.36. The van der Waals surface area contributed by atoms with E-state index in [-0.39, 0.29) is 24.3 Å². The molecule has 2 saturated heterocycles. The van der Waals surface area contributed by atoms with Gasteiger partial charge in [-0.1, -0.05) is 30.3 Å². The largest absolute Gasteiger partial charge is 0.446 e. The monoisotopic (exact) mass is 459 g/mol. The molecule has 3 aliphatic rings. The fourth-order valence-electron chi connectivity index (χ4n) is 5.30. The van der Waals surface area contributed by atoms with E-state index in [9.17, 15) is 19.6 Å². The van der Waals surface area contributed by atoms with Crippen LogP contribution in [0.15, 0.2) is 30.3 Å². The number of rotatable bonds is 5. The third-order valence-electron chi connectivity index (χ3n) is 7.35. The van der Waals surface area contributed by atoms with Crippen LogP contribution in [0.25, 0.3) is 0 Å². The molecule has 2 aliphatic heterocycles. The fraction of sp³-hybridized carbons (Fsp3) is 0.625. The number of nitrogens with zero attached hydrogens (tertiary/aromatic N) is 2. The minimum atomic E-state index is -0.745. The van der Waals surface area contributed by atoms with Gasteiger partial charge >= 0.3 is 6.09 Å². The van der Waals surface area contributed by atoms with E-state index in [2.05, 4.69) is 12.1 Å². The van der Waals surface area contributed by atoms with Crippen molar-refractivity contribution < 1.29 is 29.1 Å². The Morgan fingerprint density at radius 1 is 1.12 bits per heavy atom. The molecular weight excluding hydrogens is 426 g/mol. The molecule has 1 unspecified atom stereocenters. The molecule has 9 heteroatoms. The lowest BCUT2D eigenvalue weighted by Crippen LogP contribution is -2.48. The molecular formula is C24H33N3O6. The summed E-state index contributed by atoms with van der Waals surface area (Å²) in [5.74, 6) is -1.67. The summed E-state index contributed by atoms with van der Waals surface area (Å²) in [4.78, 5) is 41.7. The molecule has 1 aromatic rings. The molecule has 33 heavy (non-hydrogen) atoms. The van der Waals surface area contributed by atoms with Crippen LogP contribution in [-0.4, -0.2) is 78.4 Å². The number of benzene rings is 1. The van der Waals surface area contributed by atoms with E-state index < -0.39 is 29.9 Å². The Labute approximate surface area is 194 Å². The van der Waals surface area contributed by atoms with Crippen molar-refractivity contribution in [3.05, 3.63) is 35.9 Å². The summed E-state index contributed by atoms with van der Waals surface area (Å²) in [5, 5.41) is 9.29. The number of likely N-dealkylation sites (tertiary alicyclic amines) is 1. The zero-order valence-electron chi connectivity index (χ0n) is 19.0. The molecule has 2 N–H and O–H groups in total. The molecule has 3 fully saturated rings. The second-order valence-corrected chi connectivity index (χ2v) is 9.32. The van der Waals surface area contributed by atoms with Gasteiger partial charge in [-0.2, -0.15) is 0 Å². The van der Waals surface area contributed by atoms with Gasteiger partial charge in [0.05, 0.1) is 24.5 Å². The number of hydrogen-bond donors (Lipinski definition) is 2. The Balaban J connectivity index is 1.37. The van der Waals surface area contributed by atoms with Crippen LogP contribution in [0.4, 0.5) is 4.79 Å². The highest BCUT2D eigenvalue weighted by atomic mass is 16.6. The van der Waals surface area contributed by atoms with Gasteiger partial charge in [-0.15, -0.1) is 0 Å². The average molecular weight is 460 g/mol. The first kappa shape index (κ1) is 23.5. The second kappa shape index (κ2) is 10.5. The van der Waals surface area contributed by atoms with Crippen molar-refractivity contribution in [1.29, 1.82) is 0 Å². The lowest BCUT2D eigenvalue weighted by atomic mass is 9.76. The molecule has 0 spiro atoms. The van der Waals surface area contributed by atoms with Crippen LogP contribution in [0, 0.1) is 11.8 Å². The maximum Gasteiger partial charge on any atom is 0.410 e. The molecule has 0 bridgehead atoms. The van der Waals surface area contributed by atoms with Gasteiger partial charge < -0.3 is 19.3 Å². The van der Waals surface area contributed by atoms with Crippen molar-refractivity contribution in [3.8, 4) is 0 Å². The van der Waals surface area contributed by atoms with Crippen molar-refractivity contribution in [1.82, 2.24) is 15.3 Å². The Morgan fingerprint density at radius 3 is 2.61 bits per heavy atom. The van der Waals surface area contributed by atoms with Crippen molar-refractivity contribution >= 4 is 17.9 Å². The molecule has 3 amide bonds. The normalized spacial score (nSPS) is 29.5. The Bertz CT molecular complexity index is 844. The van der Waals surface area contributed by atoms with Crippen LogP contribution < -0.4 is 5.48 Å². The first-order chi connectivity index (χ1) is 16.0. The van der Waals surface area contributed by atoms with Gasteiger partial charge in [-0.25, -0.2) is 10.3 Å². The molecule has 1 aromatic carbocycles. The van der Waals surface area contributed by atoms with Crippen LogP contribution in [0.1, 0.15) is 43.6 Å². The van der Waals surface area contributed by atoms with Crippen LogP contribution in [0.3, 0.4) is 0 Å². The average Bonchev–Trinajstić information content (AvgIpc) is 3.56. The number of amides is 3. The maximum absolute atomic E-state index is 13.4. The van der Waals surface area contributed by atoms with E-state index in [4.69, 9.17) is 9.47 Å². The zero-order valence-corrected chi connectivity index (χ0v) is 19.0. The Kier molecular flexibility index (Phi) is 7.49. The molecule has 1 aliphatic carbocycles. The van der Waals surface area contributed by atoms with Crippen molar-refractivity contribution in [3.63, 3.8) is 0 Å². The van der Waals surface area contributed by atoms with Crippen molar-refractivity contribution in [2.45, 2.75) is 50.2 Å². The first-order valence-corrected chi connectivity index (χ1v) is 11.8. The lowest BCUT2D eigenvalue weighted by Gasteiger charge is -2.36. The highest BCUT2D eigenvalue weighted by molar-refractivity contribution is 5.87. The Hall–Kier alpha value is -2.65. The zero-order chi connectivity index (χ0) is 23.4. The topological polar surface area (TPSA) is 108 Å². The molecule has 9 nitrogen and oxygen atoms in total. The molecule has 2 heterocycles. The standard InChI is InChI=1S/C24H33N3O6/c1-26(18-10-12-32-15-18)24(30)33-19-7-8-20(21(13-19)22(28)25-31)23(29)27-11-9-17(14-27)16-5-3-2-4-6-16/h2-6,17-21,31H,7-15H2,1H3,(H,25,28)/t17-,18-,19?,20-,21-/m0/s1. The van der Waals surface area contributed by atoms with Gasteiger partial charge in [0.1, 0.15) is 6.10 Å². The quantitative estimate of drug-likeness (QED) is 0.516.